The maximum Gasteiger partial charge on any atom is 0.465 e. The SMILES string of the molecule is O=C(OOC(C(F)(F)F)(C(F)(F)F)C(F)(F)F)C(F)(F)C(F)(F)F. The Morgan fingerprint density at radius 1 is 0.542 bits per heavy atom. The molecule has 17 heteroatoms. The predicted octanol–water partition coefficient (Wildman–Crippen LogP) is 4.08. The molecule has 0 rings (SSSR count). The van der Waals surface area contributed by atoms with Crippen molar-refractivity contribution in [2.24, 2.45) is 0 Å². The van der Waals surface area contributed by atoms with Crippen LogP contribution in [0.5, 0.6) is 0 Å². The molecule has 0 fully saturated rings. The molecule has 0 aromatic rings. The zero-order valence-corrected chi connectivity index (χ0v) is 10.0. The first kappa shape index (κ1) is 22.4. The Labute approximate surface area is 120 Å². The summed E-state index contributed by atoms with van der Waals surface area (Å²) in [6.45, 7) is 0. The smallest absolute Gasteiger partial charge is 0.289 e. The summed E-state index contributed by atoms with van der Waals surface area (Å²) in [7, 11) is 0. The number of rotatable bonds is 3. The molecule has 144 valence electrons. The molecule has 0 amide bonds. The highest BCUT2D eigenvalue weighted by Gasteiger charge is 2.88. The quantitative estimate of drug-likeness (QED) is 0.409. The minimum atomic E-state index is -7.50. The first-order valence-corrected chi connectivity index (χ1v) is 4.67. The molecule has 0 aliphatic heterocycles. The van der Waals surface area contributed by atoms with Gasteiger partial charge in [-0.3, -0.25) is 4.89 Å². The highest BCUT2D eigenvalue weighted by molar-refractivity contribution is 5.78. The second kappa shape index (κ2) is 5.76. The maximum atomic E-state index is 12.3. The van der Waals surface area contributed by atoms with Gasteiger partial charge in [-0.05, 0) is 0 Å². The van der Waals surface area contributed by atoms with Gasteiger partial charge in [-0.15, -0.1) is 4.89 Å². The second-order valence-electron chi connectivity index (χ2n) is 3.70. The summed E-state index contributed by atoms with van der Waals surface area (Å²) in [5.41, 5.74) is -7.36. The van der Waals surface area contributed by atoms with Crippen LogP contribution in [0.2, 0.25) is 0 Å². The molecule has 0 N–H and O–H groups in total. The van der Waals surface area contributed by atoms with Crippen molar-refractivity contribution in [1.82, 2.24) is 0 Å². The lowest BCUT2D eigenvalue weighted by atomic mass is 10.0. The summed E-state index contributed by atoms with van der Waals surface area (Å²) in [5.74, 6) is -11.0. The number of carbonyl (C=O) groups is 1. The fourth-order valence-electron chi connectivity index (χ4n) is 0.892. The topological polar surface area (TPSA) is 35.5 Å². The van der Waals surface area contributed by atoms with Crippen LogP contribution in [0.4, 0.5) is 61.5 Å². The fraction of sp³-hybridized carbons (Fsp3) is 0.857. The molecule has 0 bridgehead atoms. The molecule has 0 atom stereocenters. The molecule has 0 aliphatic carbocycles. The summed E-state index contributed by atoms with van der Waals surface area (Å²) in [6, 6.07) is 0. The average molecular weight is 398 g/mol. The molecule has 0 aliphatic rings. The molecule has 0 aromatic heterocycles. The van der Waals surface area contributed by atoms with Crippen LogP contribution in [0.25, 0.3) is 0 Å². The Morgan fingerprint density at radius 3 is 1.04 bits per heavy atom. The third-order valence-electron chi connectivity index (χ3n) is 2.05. The van der Waals surface area contributed by atoms with E-state index in [1.54, 1.807) is 4.89 Å². The van der Waals surface area contributed by atoms with Crippen molar-refractivity contribution < 1.29 is 76.0 Å². The number of alkyl halides is 14. The zero-order valence-electron chi connectivity index (χ0n) is 10.0. The number of carbonyl (C=O) groups excluding carboxylic acids is 1. The minimum absolute atomic E-state index is 1.76. The molecular weight excluding hydrogens is 398 g/mol. The van der Waals surface area contributed by atoms with E-state index in [1.165, 1.54) is 0 Å². The van der Waals surface area contributed by atoms with Crippen LogP contribution in [-0.2, 0) is 14.6 Å². The van der Waals surface area contributed by atoms with Gasteiger partial charge in [0, 0.05) is 0 Å². The fourth-order valence-corrected chi connectivity index (χ4v) is 0.892. The number of hydrogen-bond donors (Lipinski definition) is 0. The van der Waals surface area contributed by atoms with Gasteiger partial charge in [0.15, 0.2) is 0 Å². The Balaban J connectivity index is 5.92. The van der Waals surface area contributed by atoms with Gasteiger partial charge in [-0.1, -0.05) is 0 Å². The van der Waals surface area contributed by atoms with E-state index in [9.17, 15) is 66.3 Å². The van der Waals surface area contributed by atoms with Gasteiger partial charge < -0.3 is 0 Å². The highest BCUT2D eigenvalue weighted by Crippen LogP contribution is 2.55. The van der Waals surface area contributed by atoms with Gasteiger partial charge in [-0.2, -0.15) is 61.5 Å². The molecular formula is C7F14O3. The molecule has 3 nitrogen and oxygen atoms in total. The predicted molar refractivity (Wildman–Crippen MR) is 39.1 cm³/mol. The Morgan fingerprint density at radius 2 is 0.833 bits per heavy atom. The van der Waals surface area contributed by atoms with Gasteiger partial charge in [0.05, 0.1) is 0 Å². The van der Waals surface area contributed by atoms with E-state index in [-0.39, 0.29) is 0 Å². The van der Waals surface area contributed by atoms with Gasteiger partial charge in [0.2, 0.25) is 0 Å². The zero-order chi connectivity index (χ0) is 20.0. The Kier molecular flexibility index (Phi) is 5.39. The van der Waals surface area contributed by atoms with Crippen molar-refractivity contribution in [1.29, 1.82) is 0 Å². The summed E-state index contributed by atoms with van der Waals surface area (Å²) in [6.07, 6.45) is -29.4. The van der Waals surface area contributed by atoms with E-state index >= 15 is 0 Å². The van der Waals surface area contributed by atoms with Gasteiger partial charge in [-0.25, -0.2) is 4.79 Å². The van der Waals surface area contributed by atoms with Gasteiger partial charge >= 0.3 is 42.2 Å². The molecule has 0 saturated carbocycles. The van der Waals surface area contributed by atoms with Crippen LogP contribution < -0.4 is 0 Å². The standard InChI is InChI=1S/C7F14O3/c8-2(9,4(10,11)12)1(22)23-24-3(5(13,14)15,6(16,17)18)7(19,20)21. The molecule has 24 heavy (non-hydrogen) atoms. The van der Waals surface area contributed by atoms with Crippen molar-refractivity contribution in [2.75, 3.05) is 0 Å². The third-order valence-corrected chi connectivity index (χ3v) is 2.05. The van der Waals surface area contributed by atoms with Crippen LogP contribution in [0.15, 0.2) is 0 Å². The van der Waals surface area contributed by atoms with E-state index in [2.05, 4.69) is 0 Å². The molecule has 0 saturated heterocycles. The lowest BCUT2D eigenvalue weighted by Gasteiger charge is -2.36. The second-order valence-corrected chi connectivity index (χ2v) is 3.70. The molecule has 0 aromatic carbocycles. The van der Waals surface area contributed by atoms with Crippen molar-refractivity contribution in [3.05, 3.63) is 0 Å². The first-order chi connectivity index (χ1) is 10.1. The van der Waals surface area contributed by atoms with E-state index in [0.29, 0.717) is 0 Å². The third kappa shape index (κ3) is 3.59. The number of halogens is 14. The maximum absolute atomic E-state index is 12.3. The van der Waals surface area contributed by atoms with Crippen LogP contribution in [0.1, 0.15) is 0 Å². The Hall–Kier alpha value is -1.55. The first-order valence-electron chi connectivity index (χ1n) is 4.67. The number of hydrogen-bond acceptors (Lipinski definition) is 3. The van der Waals surface area contributed by atoms with E-state index in [0.717, 1.165) is 0 Å². The van der Waals surface area contributed by atoms with Crippen LogP contribution in [-0.4, -0.2) is 42.2 Å². The monoisotopic (exact) mass is 398 g/mol. The minimum Gasteiger partial charge on any atom is -0.289 e. The van der Waals surface area contributed by atoms with Crippen molar-refractivity contribution >= 4 is 5.97 Å². The molecule has 0 unspecified atom stereocenters. The van der Waals surface area contributed by atoms with Crippen LogP contribution in [0.3, 0.4) is 0 Å². The van der Waals surface area contributed by atoms with E-state index < -0.39 is 42.2 Å². The molecule has 0 heterocycles. The lowest BCUT2D eigenvalue weighted by molar-refractivity contribution is -0.524. The average Bonchev–Trinajstić information content (AvgIpc) is 2.21. The van der Waals surface area contributed by atoms with Crippen molar-refractivity contribution in [3.8, 4) is 0 Å². The van der Waals surface area contributed by atoms with Crippen LogP contribution >= 0.6 is 0 Å². The van der Waals surface area contributed by atoms with Crippen molar-refractivity contribution in [3.63, 3.8) is 0 Å². The normalized spacial score (nSPS) is 15.4. The van der Waals surface area contributed by atoms with Gasteiger partial charge in [0.1, 0.15) is 0 Å². The summed E-state index contributed by atoms with van der Waals surface area (Å²) in [4.78, 5) is 13.9. The van der Waals surface area contributed by atoms with Gasteiger partial charge in [0.25, 0.3) is 0 Å². The largest absolute Gasteiger partial charge is 0.465 e. The molecule has 0 spiro atoms. The van der Waals surface area contributed by atoms with Crippen molar-refractivity contribution in [2.45, 2.75) is 36.2 Å². The summed E-state index contributed by atoms with van der Waals surface area (Å²) < 4.78 is 169. The highest BCUT2D eigenvalue weighted by atomic mass is 19.4. The van der Waals surface area contributed by atoms with E-state index in [1.807, 2.05) is 4.89 Å². The summed E-state index contributed by atoms with van der Waals surface area (Å²) in [5, 5.41) is 0. The van der Waals surface area contributed by atoms with Crippen LogP contribution in [0, 0.1) is 0 Å². The molecule has 0 radical (unpaired) electrons. The van der Waals surface area contributed by atoms with E-state index in [4.69, 9.17) is 0 Å². The summed E-state index contributed by atoms with van der Waals surface area (Å²) >= 11 is 0. The lowest BCUT2D eigenvalue weighted by Crippen LogP contribution is -2.68. The Bertz CT molecular complexity index is 429.